The average Bonchev–Trinajstić information content (AvgIpc) is 3.09. The maximum atomic E-state index is 12.1. The molecule has 2 rings (SSSR count). The topological polar surface area (TPSA) is 47.0 Å². The lowest BCUT2D eigenvalue weighted by Gasteiger charge is -2.11. The number of aromatic nitrogens is 2. The molecule has 1 aliphatic rings. The van der Waals surface area contributed by atoms with E-state index in [4.69, 9.17) is 0 Å². The predicted octanol–water partition coefficient (Wildman–Crippen LogP) is 2.73. The van der Waals surface area contributed by atoms with Crippen LogP contribution in [0.25, 0.3) is 0 Å². The first kappa shape index (κ1) is 12.9. The number of alkyl halides is 3. The summed E-state index contributed by atoms with van der Waals surface area (Å²) in [5, 5.41) is 2.96. The Kier molecular flexibility index (Phi) is 3.58. The fourth-order valence-corrected chi connectivity index (χ4v) is 1.47. The van der Waals surface area contributed by atoms with Crippen LogP contribution >= 0.6 is 0 Å². The van der Waals surface area contributed by atoms with Gasteiger partial charge in [-0.05, 0) is 19.8 Å². The van der Waals surface area contributed by atoms with E-state index in [1.165, 1.54) is 6.07 Å². The van der Waals surface area contributed by atoms with E-state index in [0.29, 0.717) is 18.2 Å². The smallest absolute Gasteiger partial charge is 0.422 e. The third-order valence-corrected chi connectivity index (χ3v) is 2.40. The van der Waals surface area contributed by atoms with Crippen LogP contribution in [0.15, 0.2) is 6.07 Å². The summed E-state index contributed by atoms with van der Waals surface area (Å²) in [5.41, 5.74) is 0. The van der Waals surface area contributed by atoms with Gasteiger partial charge < -0.3 is 10.1 Å². The molecule has 1 N–H and O–H groups in total. The van der Waals surface area contributed by atoms with E-state index in [0.717, 1.165) is 12.8 Å². The third-order valence-electron chi connectivity index (χ3n) is 2.40. The van der Waals surface area contributed by atoms with Crippen LogP contribution in [0.5, 0.6) is 5.88 Å². The van der Waals surface area contributed by atoms with Crippen molar-refractivity contribution in [3.63, 3.8) is 0 Å². The van der Waals surface area contributed by atoms with Gasteiger partial charge in [0, 0.05) is 18.5 Å². The van der Waals surface area contributed by atoms with E-state index < -0.39 is 12.8 Å². The molecule has 0 bridgehead atoms. The Morgan fingerprint density at radius 3 is 2.67 bits per heavy atom. The highest BCUT2D eigenvalue weighted by Crippen LogP contribution is 2.39. The molecule has 1 saturated carbocycles. The summed E-state index contributed by atoms with van der Waals surface area (Å²) in [6.45, 7) is 1.19. The van der Waals surface area contributed by atoms with Crippen molar-refractivity contribution in [2.45, 2.75) is 31.9 Å². The Hall–Kier alpha value is -1.53. The Balaban J connectivity index is 2.12. The lowest BCUT2D eigenvalue weighted by atomic mass is 10.4. The molecule has 0 aromatic carbocycles. The fourth-order valence-electron chi connectivity index (χ4n) is 1.47. The van der Waals surface area contributed by atoms with E-state index in [9.17, 15) is 13.2 Å². The van der Waals surface area contributed by atoms with E-state index in [2.05, 4.69) is 20.0 Å². The molecule has 100 valence electrons. The Morgan fingerprint density at radius 1 is 1.39 bits per heavy atom. The second-order valence-corrected chi connectivity index (χ2v) is 4.16. The minimum Gasteiger partial charge on any atom is -0.468 e. The van der Waals surface area contributed by atoms with Crippen molar-refractivity contribution in [2.75, 3.05) is 18.5 Å². The molecule has 0 atom stereocenters. The first-order valence-corrected chi connectivity index (χ1v) is 5.80. The van der Waals surface area contributed by atoms with E-state index >= 15 is 0 Å². The molecule has 18 heavy (non-hydrogen) atoms. The largest absolute Gasteiger partial charge is 0.468 e. The molecule has 0 aliphatic heterocycles. The molecule has 1 aliphatic carbocycles. The minimum absolute atomic E-state index is 0.0276. The molecule has 7 heteroatoms. The Bertz CT molecular complexity index is 418. The number of ether oxygens (including phenoxy) is 1. The van der Waals surface area contributed by atoms with Gasteiger partial charge in [0.2, 0.25) is 5.88 Å². The highest BCUT2D eigenvalue weighted by Gasteiger charge is 2.30. The van der Waals surface area contributed by atoms with Crippen LogP contribution in [0, 0.1) is 0 Å². The van der Waals surface area contributed by atoms with E-state index in [1.807, 2.05) is 6.92 Å². The van der Waals surface area contributed by atoms with Crippen LogP contribution in [0.1, 0.15) is 31.5 Å². The molecule has 0 amide bonds. The molecule has 1 aromatic heterocycles. The summed E-state index contributed by atoms with van der Waals surface area (Å²) in [6, 6.07) is 1.39. The van der Waals surface area contributed by atoms with Gasteiger partial charge >= 0.3 is 6.18 Å². The van der Waals surface area contributed by atoms with Crippen LogP contribution in [-0.2, 0) is 0 Å². The number of halogens is 3. The van der Waals surface area contributed by atoms with Crippen LogP contribution < -0.4 is 10.1 Å². The number of hydrogen-bond donors (Lipinski definition) is 1. The van der Waals surface area contributed by atoms with Crippen molar-refractivity contribution in [3.05, 3.63) is 11.9 Å². The standard InChI is InChI=1S/C11H14F3N3O/c1-2-15-8-5-9(18-6-11(12,13)14)17-10(16-8)7-3-4-7/h5,7H,2-4,6H2,1H3,(H,15,16,17). The molecule has 0 saturated heterocycles. The first-order chi connectivity index (χ1) is 8.48. The van der Waals surface area contributed by atoms with Gasteiger partial charge in [0.1, 0.15) is 11.6 Å². The van der Waals surface area contributed by atoms with E-state index in [-0.39, 0.29) is 11.8 Å². The van der Waals surface area contributed by atoms with Crippen LogP contribution in [0.3, 0.4) is 0 Å². The summed E-state index contributed by atoms with van der Waals surface area (Å²) in [5.74, 6) is 1.30. The zero-order valence-corrected chi connectivity index (χ0v) is 9.92. The molecular weight excluding hydrogens is 247 g/mol. The maximum absolute atomic E-state index is 12.1. The highest BCUT2D eigenvalue weighted by atomic mass is 19.4. The van der Waals surface area contributed by atoms with Gasteiger partial charge in [-0.15, -0.1) is 0 Å². The van der Waals surface area contributed by atoms with Gasteiger partial charge in [0.05, 0.1) is 0 Å². The van der Waals surface area contributed by atoms with Gasteiger partial charge in [-0.1, -0.05) is 0 Å². The van der Waals surface area contributed by atoms with Crippen molar-refractivity contribution in [1.29, 1.82) is 0 Å². The normalized spacial score (nSPS) is 15.6. The molecule has 0 spiro atoms. The number of nitrogens with zero attached hydrogens (tertiary/aromatic N) is 2. The number of nitrogens with one attached hydrogen (secondary N) is 1. The van der Waals surface area contributed by atoms with Gasteiger partial charge in [0.15, 0.2) is 6.61 Å². The summed E-state index contributed by atoms with van der Waals surface area (Å²) < 4.78 is 40.9. The lowest BCUT2D eigenvalue weighted by molar-refractivity contribution is -0.154. The van der Waals surface area contributed by atoms with Crippen molar-refractivity contribution in [2.24, 2.45) is 0 Å². The average molecular weight is 261 g/mol. The van der Waals surface area contributed by atoms with Crippen molar-refractivity contribution in [3.8, 4) is 5.88 Å². The van der Waals surface area contributed by atoms with Gasteiger partial charge in [-0.3, -0.25) is 0 Å². The predicted molar refractivity (Wildman–Crippen MR) is 59.7 cm³/mol. The van der Waals surface area contributed by atoms with Crippen LogP contribution in [-0.4, -0.2) is 29.3 Å². The van der Waals surface area contributed by atoms with Gasteiger partial charge in [-0.2, -0.15) is 18.2 Å². The zero-order valence-electron chi connectivity index (χ0n) is 9.92. The SMILES string of the molecule is CCNc1cc(OCC(F)(F)F)nc(C2CC2)n1. The fraction of sp³-hybridized carbons (Fsp3) is 0.636. The monoisotopic (exact) mass is 261 g/mol. The molecular formula is C11H14F3N3O. The molecule has 4 nitrogen and oxygen atoms in total. The molecule has 1 fully saturated rings. The Labute approximate surface area is 103 Å². The second-order valence-electron chi connectivity index (χ2n) is 4.16. The quantitative estimate of drug-likeness (QED) is 0.885. The molecule has 0 radical (unpaired) electrons. The van der Waals surface area contributed by atoms with Gasteiger partial charge in [-0.25, -0.2) is 4.98 Å². The van der Waals surface area contributed by atoms with Gasteiger partial charge in [0.25, 0.3) is 0 Å². The number of anilines is 1. The number of hydrogen-bond acceptors (Lipinski definition) is 4. The Morgan fingerprint density at radius 2 is 2.11 bits per heavy atom. The van der Waals surface area contributed by atoms with Crippen molar-refractivity contribution >= 4 is 5.82 Å². The molecule has 1 heterocycles. The molecule has 0 unspecified atom stereocenters. The molecule has 1 aromatic rings. The lowest BCUT2D eigenvalue weighted by Crippen LogP contribution is -2.20. The number of rotatable bonds is 5. The maximum Gasteiger partial charge on any atom is 0.422 e. The summed E-state index contributed by atoms with van der Waals surface area (Å²) in [7, 11) is 0. The highest BCUT2D eigenvalue weighted by molar-refractivity contribution is 5.39. The minimum atomic E-state index is -4.36. The zero-order chi connectivity index (χ0) is 13.2. The summed E-state index contributed by atoms with van der Waals surface area (Å²) in [4.78, 5) is 8.25. The summed E-state index contributed by atoms with van der Waals surface area (Å²) in [6.07, 6.45) is -2.40. The first-order valence-electron chi connectivity index (χ1n) is 5.80. The van der Waals surface area contributed by atoms with E-state index in [1.54, 1.807) is 0 Å². The van der Waals surface area contributed by atoms with Crippen LogP contribution in [0.4, 0.5) is 19.0 Å². The second kappa shape index (κ2) is 4.99. The van der Waals surface area contributed by atoms with Crippen molar-refractivity contribution < 1.29 is 17.9 Å². The van der Waals surface area contributed by atoms with Crippen molar-refractivity contribution in [1.82, 2.24) is 9.97 Å². The van der Waals surface area contributed by atoms with Crippen LogP contribution in [0.2, 0.25) is 0 Å². The third kappa shape index (κ3) is 3.75. The summed E-state index contributed by atoms with van der Waals surface area (Å²) >= 11 is 0.